The van der Waals surface area contributed by atoms with Gasteiger partial charge in [-0.15, -0.1) is 0 Å². The molecule has 0 bridgehead atoms. The number of fused-ring (bicyclic) bond motifs is 7. The van der Waals surface area contributed by atoms with E-state index in [1.54, 1.807) is 75.0 Å². The van der Waals surface area contributed by atoms with E-state index in [2.05, 4.69) is 0 Å². The number of aromatic nitrogens is 1. The molecule has 3 atom stereocenters. The van der Waals surface area contributed by atoms with E-state index < -0.39 is 23.4 Å². The van der Waals surface area contributed by atoms with E-state index in [0.717, 1.165) is 16.6 Å². The van der Waals surface area contributed by atoms with Crippen molar-refractivity contribution < 1.29 is 23.9 Å². The zero-order valence-electron chi connectivity index (χ0n) is 24.6. The smallest absolute Gasteiger partial charge is 0.185 e. The average molecular weight is 593 g/mol. The Balaban J connectivity index is 1.51. The Morgan fingerprint density at radius 1 is 0.822 bits per heavy atom. The summed E-state index contributed by atoms with van der Waals surface area (Å²) < 4.78 is 11.5. The van der Waals surface area contributed by atoms with E-state index in [9.17, 15) is 0 Å². The number of methoxy groups -OCH3 is 2. The van der Waals surface area contributed by atoms with Gasteiger partial charge in [0.15, 0.2) is 17.3 Å². The van der Waals surface area contributed by atoms with Crippen molar-refractivity contribution in [2.45, 2.75) is 18.0 Å². The van der Waals surface area contributed by atoms with Crippen LogP contribution >= 0.6 is 0 Å². The third-order valence-electron chi connectivity index (χ3n) is 9.63. The Bertz CT molecular complexity index is 2050. The second-order valence-electron chi connectivity index (χ2n) is 11.6. The number of ketones is 3. The molecule has 220 valence electrons. The van der Waals surface area contributed by atoms with E-state index >= 15 is 14.4 Å². The molecule has 8 rings (SSSR count). The van der Waals surface area contributed by atoms with Gasteiger partial charge >= 0.3 is 0 Å². The van der Waals surface area contributed by atoms with Crippen molar-refractivity contribution in [3.8, 4) is 11.5 Å². The minimum atomic E-state index is -1.68. The quantitative estimate of drug-likeness (QED) is 0.169. The van der Waals surface area contributed by atoms with Gasteiger partial charge in [-0.2, -0.15) is 0 Å². The van der Waals surface area contributed by atoms with E-state index in [1.165, 1.54) is 0 Å². The number of hydrogen-bond acceptors (Lipinski definition) is 7. The Morgan fingerprint density at radius 3 is 2.27 bits per heavy atom. The molecule has 1 spiro atoms. The van der Waals surface area contributed by atoms with Crippen LogP contribution in [0.2, 0.25) is 0 Å². The molecule has 3 aliphatic rings. The Hall–Kier alpha value is -5.56. The summed E-state index contributed by atoms with van der Waals surface area (Å²) in [6, 6.07) is 27.4. The summed E-state index contributed by atoms with van der Waals surface area (Å²) in [7, 11) is 3.11. The number of Topliss-reactive ketones (excluding diaryl/α,β-unsaturated/α-hetero) is 3. The fourth-order valence-corrected chi connectivity index (χ4v) is 7.78. The summed E-state index contributed by atoms with van der Waals surface area (Å²) in [5.41, 5.74) is 2.34. The third-order valence-corrected chi connectivity index (χ3v) is 9.63. The van der Waals surface area contributed by atoms with Crippen LogP contribution in [0.4, 0.5) is 5.69 Å². The Labute approximate surface area is 259 Å². The largest absolute Gasteiger partial charge is 0.497 e. The zero-order valence-corrected chi connectivity index (χ0v) is 24.6. The molecule has 0 saturated carbocycles. The summed E-state index contributed by atoms with van der Waals surface area (Å²) in [4.78, 5) is 51.8. The number of nitrogens with zero attached hydrogens (tertiary/aromatic N) is 2. The molecular weight excluding hydrogens is 564 g/mol. The predicted octanol–water partition coefficient (Wildman–Crippen LogP) is 6.57. The lowest BCUT2D eigenvalue weighted by atomic mass is 9.64. The van der Waals surface area contributed by atoms with Crippen LogP contribution in [-0.4, -0.2) is 48.6 Å². The van der Waals surface area contributed by atoms with E-state index in [0.29, 0.717) is 39.3 Å². The Kier molecular flexibility index (Phi) is 6.00. The lowest BCUT2D eigenvalue weighted by Gasteiger charge is -2.37. The number of rotatable bonds is 5. The van der Waals surface area contributed by atoms with E-state index in [1.807, 2.05) is 59.5 Å². The number of anilines is 1. The minimum Gasteiger partial charge on any atom is -0.497 e. The Morgan fingerprint density at radius 2 is 1.56 bits per heavy atom. The molecule has 3 heterocycles. The predicted molar refractivity (Wildman–Crippen MR) is 171 cm³/mol. The van der Waals surface area contributed by atoms with Crippen LogP contribution in [0.5, 0.6) is 11.5 Å². The second kappa shape index (κ2) is 9.99. The molecule has 7 heteroatoms. The van der Waals surface area contributed by atoms with Crippen LogP contribution in [0.25, 0.3) is 17.0 Å². The van der Waals surface area contributed by atoms with E-state index in [4.69, 9.17) is 14.5 Å². The number of benzene rings is 4. The highest BCUT2D eigenvalue weighted by Crippen LogP contribution is 2.62. The molecule has 1 fully saturated rings. The summed E-state index contributed by atoms with van der Waals surface area (Å²) in [5.74, 6) is -0.784. The number of carbonyl (C=O) groups is 3. The van der Waals surface area contributed by atoms with Crippen LogP contribution in [0, 0.1) is 5.41 Å². The van der Waals surface area contributed by atoms with Crippen LogP contribution in [-0.2, 0) is 0 Å². The summed E-state index contributed by atoms with van der Waals surface area (Å²) in [6.07, 6.45) is 5.59. The van der Waals surface area contributed by atoms with Crippen LogP contribution in [0.1, 0.15) is 48.1 Å². The molecule has 7 nitrogen and oxygen atoms in total. The molecular formula is C38H28N2O5. The van der Waals surface area contributed by atoms with Crippen molar-refractivity contribution in [1.29, 1.82) is 0 Å². The molecule has 0 N–H and O–H groups in total. The first kappa shape index (κ1) is 27.0. The maximum atomic E-state index is 15.0. The minimum absolute atomic E-state index is 0.210. The van der Waals surface area contributed by atoms with Gasteiger partial charge < -0.3 is 14.4 Å². The van der Waals surface area contributed by atoms with Crippen molar-refractivity contribution in [2.24, 2.45) is 5.41 Å². The van der Waals surface area contributed by atoms with Crippen molar-refractivity contribution >= 4 is 40.0 Å². The monoisotopic (exact) mass is 592 g/mol. The molecule has 0 unspecified atom stereocenters. The maximum absolute atomic E-state index is 15.0. The summed E-state index contributed by atoms with van der Waals surface area (Å²) in [6.45, 7) is 0. The van der Waals surface area contributed by atoms with Gasteiger partial charge in [-0.3, -0.25) is 19.4 Å². The number of carbonyl (C=O) groups excluding carboxylic acids is 3. The van der Waals surface area contributed by atoms with Gasteiger partial charge in [-0.05, 0) is 29.8 Å². The lowest BCUT2D eigenvalue weighted by Crippen LogP contribution is -2.48. The van der Waals surface area contributed by atoms with Crippen LogP contribution < -0.4 is 14.4 Å². The normalized spacial score (nSPS) is 20.7. The highest BCUT2D eigenvalue weighted by atomic mass is 16.5. The second-order valence-corrected chi connectivity index (χ2v) is 11.6. The van der Waals surface area contributed by atoms with Gasteiger partial charge in [-0.1, -0.05) is 84.9 Å². The topological polar surface area (TPSA) is 85.8 Å². The number of hydrogen-bond donors (Lipinski definition) is 0. The molecule has 45 heavy (non-hydrogen) atoms. The molecule has 0 radical (unpaired) electrons. The summed E-state index contributed by atoms with van der Waals surface area (Å²) >= 11 is 0. The van der Waals surface area contributed by atoms with Gasteiger partial charge in [0.05, 0.1) is 31.5 Å². The maximum Gasteiger partial charge on any atom is 0.185 e. The van der Waals surface area contributed by atoms with Gasteiger partial charge in [0.25, 0.3) is 0 Å². The van der Waals surface area contributed by atoms with Gasteiger partial charge in [0.1, 0.15) is 23.0 Å². The van der Waals surface area contributed by atoms with Crippen LogP contribution in [0.3, 0.4) is 0 Å². The molecule has 1 saturated heterocycles. The average Bonchev–Trinajstić information content (AvgIpc) is 3.53. The number of ether oxygens (including phenoxy) is 2. The highest BCUT2D eigenvalue weighted by Gasteiger charge is 2.72. The van der Waals surface area contributed by atoms with Crippen molar-refractivity contribution in [1.82, 2.24) is 4.98 Å². The molecule has 5 aromatic rings. The van der Waals surface area contributed by atoms with Gasteiger partial charge in [-0.25, -0.2) is 0 Å². The number of pyridine rings is 1. The fourth-order valence-electron chi connectivity index (χ4n) is 7.78. The fraction of sp³-hybridized carbons (Fsp3) is 0.158. The van der Waals surface area contributed by atoms with Crippen LogP contribution in [0.15, 0.2) is 109 Å². The van der Waals surface area contributed by atoms with E-state index in [-0.39, 0.29) is 17.3 Å². The first-order valence-electron chi connectivity index (χ1n) is 14.8. The zero-order chi connectivity index (χ0) is 30.9. The molecule has 1 aromatic heterocycles. The van der Waals surface area contributed by atoms with Crippen molar-refractivity contribution in [3.63, 3.8) is 0 Å². The molecule has 2 aliphatic heterocycles. The molecule has 4 aromatic carbocycles. The van der Waals surface area contributed by atoms with Crippen molar-refractivity contribution in [2.75, 3.05) is 19.1 Å². The van der Waals surface area contributed by atoms with Crippen molar-refractivity contribution in [3.05, 3.63) is 137 Å². The SMILES string of the molecule is COc1ccc(OC)c([C@@H]2[C@H](C(=O)c3ccccc3)N3c4c(ccc5cccnc45)C=C[C@H]3C23C(=O)c2ccccc2C3=O)c1. The summed E-state index contributed by atoms with van der Waals surface area (Å²) in [5, 5.41) is 0.889. The standard InChI is InChI=1S/C38H28N2O5/c1-44-25-17-18-29(45-2)28(21-25)31-34(35(41)24-9-4-3-5-10-24)40-30(38(31)36(42)26-12-6-7-13-27(26)37(38)43)19-16-23-15-14-22-11-8-20-39-32(22)33(23)40/h3-21,30-31,34H,1-2H3/t30-,31+,34+/m0/s1. The molecule has 1 aliphatic carbocycles. The first-order chi connectivity index (χ1) is 22.0. The lowest BCUT2D eigenvalue weighted by molar-refractivity contribution is 0.0664. The highest BCUT2D eigenvalue weighted by molar-refractivity contribution is 6.32. The van der Waals surface area contributed by atoms with Gasteiger partial charge in [0.2, 0.25) is 0 Å². The molecule has 0 amide bonds. The first-order valence-corrected chi connectivity index (χ1v) is 14.8. The van der Waals surface area contributed by atoms with Gasteiger partial charge in [0, 0.05) is 39.8 Å². The third kappa shape index (κ3) is 3.58.